The third-order valence-electron chi connectivity index (χ3n) is 3.93. The molecule has 0 spiro atoms. The largest absolute Gasteiger partial charge is 0.506 e. The van der Waals surface area contributed by atoms with Crippen LogP contribution in [0.1, 0.15) is 11.3 Å². The lowest BCUT2D eigenvalue weighted by molar-refractivity contribution is -0.141. The first-order valence-corrected chi connectivity index (χ1v) is 7.07. The van der Waals surface area contributed by atoms with Gasteiger partial charge < -0.3 is 5.11 Å². The van der Waals surface area contributed by atoms with Gasteiger partial charge in [0.2, 0.25) is 0 Å². The molecule has 0 atom stereocenters. The first kappa shape index (κ1) is 14.6. The maximum Gasteiger partial charge on any atom is 0.433 e. The Kier molecular flexibility index (Phi) is 2.87. The number of rotatable bonds is 1. The molecule has 0 saturated heterocycles. The van der Waals surface area contributed by atoms with E-state index in [1.54, 1.807) is 18.3 Å². The van der Waals surface area contributed by atoms with Crippen molar-refractivity contribution < 1.29 is 18.3 Å². The van der Waals surface area contributed by atoms with Crippen molar-refractivity contribution in [2.75, 3.05) is 0 Å². The van der Waals surface area contributed by atoms with Crippen LogP contribution in [0.25, 0.3) is 27.6 Å². The molecule has 0 radical (unpaired) electrons. The maximum absolute atomic E-state index is 12.9. The molecule has 0 bridgehead atoms. The van der Waals surface area contributed by atoms with Crippen LogP contribution in [-0.2, 0) is 6.18 Å². The quantitative estimate of drug-likeness (QED) is 0.555. The second-order valence-corrected chi connectivity index (χ2v) is 5.55. The maximum atomic E-state index is 12.9. The van der Waals surface area contributed by atoms with Crippen LogP contribution < -0.4 is 0 Å². The lowest BCUT2D eigenvalue weighted by atomic mass is 10.1. The van der Waals surface area contributed by atoms with Gasteiger partial charge in [-0.15, -0.1) is 0 Å². The van der Waals surface area contributed by atoms with E-state index in [2.05, 4.69) is 15.2 Å². The van der Waals surface area contributed by atoms with Crippen molar-refractivity contribution in [2.24, 2.45) is 0 Å². The number of hydrogen-bond acceptors (Lipinski definition) is 3. The zero-order chi connectivity index (χ0) is 17.1. The van der Waals surface area contributed by atoms with Crippen molar-refractivity contribution >= 4 is 21.9 Å². The Morgan fingerprint density at radius 2 is 2.00 bits per heavy atom. The van der Waals surface area contributed by atoms with Gasteiger partial charge in [0.1, 0.15) is 17.1 Å². The normalized spacial score (nSPS) is 12.3. The molecule has 24 heavy (non-hydrogen) atoms. The second-order valence-electron chi connectivity index (χ2n) is 5.55. The van der Waals surface area contributed by atoms with E-state index in [0.29, 0.717) is 5.69 Å². The topological polar surface area (TPSA) is 66.7 Å². The number of fused-ring (bicyclic) bond motifs is 2. The smallest absolute Gasteiger partial charge is 0.433 e. The molecule has 0 aliphatic heterocycles. The van der Waals surface area contributed by atoms with Crippen molar-refractivity contribution in [3.63, 3.8) is 0 Å². The molecule has 0 saturated carbocycles. The number of hydrogen-bond donors (Lipinski definition) is 2. The summed E-state index contributed by atoms with van der Waals surface area (Å²) in [4.78, 5) is 3.70. The molecule has 3 aromatic heterocycles. The SMILES string of the molecule is Cc1cc(-n2cc(O)c3ccc(C(F)(F)F)nc32)cc2cn[nH]c12. The fourth-order valence-corrected chi connectivity index (χ4v) is 2.79. The summed E-state index contributed by atoms with van der Waals surface area (Å²) in [5.41, 5.74) is 1.37. The molecule has 0 fully saturated rings. The van der Waals surface area contributed by atoms with Gasteiger partial charge in [0.15, 0.2) is 0 Å². The fraction of sp³-hybridized carbons (Fsp3) is 0.125. The zero-order valence-corrected chi connectivity index (χ0v) is 12.4. The molecular formula is C16H11F3N4O. The molecule has 4 rings (SSSR count). The number of aromatic nitrogens is 4. The highest BCUT2D eigenvalue weighted by molar-refractivity contribution is 5.88. The predicted molar refractivity (Wildman–Crippen MR) is 82.1 cm³/mol. The van der Waals surface area contributed by atoms with Crippen molar-refractivity contribution in [1.29, 1.82) is 0 Å². The number of aryl methyl sites for hydroxylation is 1. The lowest BCUT2D eigenvalue weighted by Crippen LogP contribution is -2.08. The highest BCUT2D eigenvalue weighted by atomic mass is 19.4. The summed E-state index contributed by atoms with van der Waals surface area (Å²) in [5.74, 6) is -0.129. The number of nitrogens with zero attached hydrogens (tertiary/aromatic N) is 3. The van der Waals surface area contributed by atoms with Crippen molar-refractivity contribution in [3.05, 3.63) is 47.9 Å². The van der Waals surface area contributed by atoms with E-state index in [-0.39, 0.29) is 16.8 Å². The molecule has 0 amide bonds. The summed E-state index contributed by atoms with van der Waals surface area (Å²) in [7, 11) is 0. The molecule has 0 unspecified atom stereocenters. The third kappa shape index (κ3) is 2.10. The molecule has 122 valence electrons. The van der Waals surface area contributed by atoms with Crippen LogP contribution in [-0.4, -0.2) is 24.9 Å². The summed E-state index contributed by atoms with van der Waals surface area (Å²) in [6.45, 7) is 1.87. The van der Waals surface area contributed by atoms with E-state index in [9.17, 15) is 18.3 Å². The minimum absolute atomic E-state index is 0.0459. The summed E-state index contributed by atoms with van der Waals surface area (Å²) < 4.78 is 40.3. The van der Waals surface area contributed by atoms with Gasteiger partial charge in [0.05, 0.1) is 23.3 Å². The van der Waals surface area contributed by atoms with E-state index in [0.717, 1.165) is 22.5 Å². The summed E-state index contributed by atoms with van der Waals surface area (Å²) in [6.07, 6.45) is -1.56. The Labute approximate surface area is 133 Å². The molecule has 8 heteroatoms. The van der Waals surface area contributed by atoms with E-state index < -0.39 is 11.9 Å². The van der Waals surface area contributed by atoms with Gasteiger partial charge in [0, 0.05) is 11.1 Å². The van der Waals surface area contributed by atoms with Crippen molar-refractivity contribution in [3.8, 4) is 11.4 Å². The Hall–Kier alpha value is -3.03. The molecule has 4 aromatic rings. The van der Waals surface area contributed by atoms with E-state index in [1.165, 1.54) is 16.8 Å². The Morgan fingerprint density at radius 1 is 1.21 bits per heavy atom. The highest BCUT2D eigenvalue weighted by Gasteiger charge is 2.33. The number of nitrogens with one attached hydrogen (secondary N) is 1. The highest BCUT2D eigenvalue weighted by Crippen LogP contribution is 2.34. The summed E-state index contributed by atoms with van der Waals surface area (Å²) in [5, 5.41) is 17.9. The van der Waals surface area contributed by atoms with Crippen LogP contribution in [0.2, 0.25) is 0 Å². The van der Waals surface area contributed by atoms with Gasteiger partial charge in [-0.1, -0.05) is 0 Å². The Bertz CT molecular complexity index is 1080. The van der Waals surface area contributed by atoms with E-state index >= 15 is 0 Å². The van der Waals surface area contributed by atoms with E-state index in [4.69, 9.17) is 0 Å². The van der Waals surface area contributed by atoms with Gasteiger partial charge in [-0.05, 0) is 36.8 Å². The molecule has 0 aliphatic rings. The first-order valence-electron chi connectivity index (χ1n) is 7.07. The molecule has 0 aliphatic carbocycles. The predicted octanol–water partition coefficient (Wildman–Crippen LogP) is 3.93. The average molecular weight is 332 g/mol. The number of H-pyrrole nitrogens is 1. The molecule has 3 heterocycles. The third-order valence-corrected chi connectivity index (χ3v) is 3.93. The van der Waals surface area contributed by atoms with Crippen LogP contribution in [0.4, 0.5) is 13.2 Å². The van der Waals surface area contributed by atoms with Crippen LogP contribution >= 0.6 is 0 Å². The van der Waals surface area contributed by atoms with Gasteiger partial charge in [-0.2, -0.15) is 18.3 Å². The molecule has 2 N–H and O–H groups in total. The number of benzene rings is 1. The minimum Gasteiger partial charge on any atom is -0.506 e. The second kappa shape index (κ2) is 4.73. The summed E-state index contributed by atoms with van der Waals surface area (Å²) in [6, 6.07) is 5.64. The monoisotopic (exact) mass is 332 g/mol. The van der Waals surface area contributed by atoms with Crippen molar-refractivity contribution in [2.45, 2.75) is 13.1 Å². The summed E-state index contributed by atoms with van der Waals surface area (Å²) >= 11 is 0. The van der Waals surface area contributed by atoms with Crippen LogP contribution in [0.15, 0.2) is 36.7 Å². The Balaban J connectivity index is 2.01. The molecule has 5 nitrogen and oxygen atoms in total. The fourth-order valence-electron chi connectivity index (χ4n) is 2.79. The number of aromatic hydroxyl groups is 1. The van der Waals surface area contributed by atoms with Gasteiger partial charge in [-0.3, -0.25) is 9.67 Å². The van der Waals surface area contributed by atoms with Crippen LogP contribution in [0.5, 0.6) is 5.75 Å². The number of aromatic amines is 1. The van der Waals surface area contributed by atoms with Gasteiger partial charge in [0.25, 0.3) is 0 Å². The zero-order valence-electron chi connectivity index (χ0n) is 12.4. The van der Waals surface area contributed by atoms with Gasteiger partial charge >= 0.3 is 6.18 Å². The number of alkyl halides is 3. The number of halogens is 3. The minimum atomic E-state index is -4.55. The van der Waals surface area contributed by atoms with E-state index in [1.807, 2.05) is 6.92 Å². The van der Waals surface area contributed by atoms with Crippen molar-refractivity contribution in [1.82, 2.24) is 19.7 Å². The van der Waals surface area contributed by atoms with Crippen LogP contribution in [0.3, 0.4) is 0 Å². The lowest BCUT2D eigenvalue weighted by Gasteiger charge is -2.09. The standard InChI is InChI=1S/C16H11F3N4O/c1-8-4-10(5-9-6-20-22-14(8)9)23-7-12(24)11-2-3-13(16(17,18)19)21-15(11)23/h2-7,24H,1H3,(H,20,22). The Morgan fingerprint density at radius 3 is 2.75 bits per heavy atom. The molecule has 1 aromatic carbocycles. The molecular weight excluding hydrogens is 321 g/mol. The average Bonchev–Trinajstić information content (AvgIpc) is 3.11. The van der Waals surface area contributed by atoms with Gasteiger partial charge in [-0.25, -0.2) is 4.98 Å². The van der Waals surface area contributed by atoms with Crippen LogP contribution in [0, 0.1) is 6.92 Å². The first-order chi connectivity index (χ1) is 11.3. The number of pyridine rings is 1.